The van der Waals surface area contributed by atoms with Crippen LogP contribution in [0.3, 0.4) is 0 Å². The minimum Gasteiger partial charge on any atom is -0.290 e. The van der Waals surface area contributed by atoms with Gasteiger partial charge in [0.15, 0.2) is 5.78 Å². The third kappa shape index (κ3) is 3.50. The maximum absolute atomic E-state index is 11.0. The first-order valence-corrected chi connectivity index (χ1v) is 5.38. The summed E-state index contributed by atoms with van der Waals surface area (Å²) in [5.41, 5.74) is 2.49. The van der Waals surface area contributed by atoms with Crippen LogP contribution in [0.1, 0.15) is 31.9 Å². The van der Waals surface area contributed by atoms with Gasteiger partial charge in [-0.05, 0) is 28.7 Å². The topological polar surface area (TPSA) is 17.1 Å². The molecular formula is C15H18O. The Morgan fingerprint density at radius 2 is 1.75 bits per heavy atom. The summed E-state index contributed by atoms with van der Waals surface area (Å²) in [4.78, 5) is 11.0. The van der Waals surface area contributed by atoms with Gasteiger partial charge in [-0.3, -0.25) is 4.79 Å². The molecule has 0 aliphatic rings. The number of carbonyl (C=O) groups is 1. The van der Waals surface area contributed by atoms with Crippen molar-refractivity contribution in [1.82, 2.24) is 0 Å². The predicted octanol–water partition coefficient (Wildman–Crippen LogP) is 3.75. The van der Waals surface area contributed by atoms with Crippen LogP contribution in [-0.4, -0.2) is 5.78 Å². The molecule has 1 nitrogen and oxygen atoms in total. The smallest absolute Gasteiger partial charge is 0.178 e. The number of allylic oxidation sites excluding steroid dienone is 2. The van der Waals surface area contributed by atoms with Crippen molar-refractivity contribution in [3.05, 3.63) is 54.1 Å². The van der Waals surface area contributed by atoms with E-state index < -0.39 is 0 Å². The van der Waals surface area contributed by atoms with Gasteiger partial charge in [0.25, 0.3) is 0 Å². The number of hydrogen-bond acceptors (Lipinski definition) is 1. The van der Waals surface area contributed by atoms with Gasteiger partial charge < -0.3 is 0 Å². The average molecular weight is 214 g/mol. The van der Waals surface area contributed by atoms with Crippen LogP contribution in [0.2, 0.25) is 0 Å². The van der Waals surface area contributed by atoms with Gasteiger partial charge in [-0.15, -0.1) is 0 Å². The zero-order valence-electron chi connectivity index (χ0n) is 10.2. The molecule has 0 radical (unpaired) electrons. The highest BCUT2D eigenvalue weighted by molar-refractivity contribution is 6.01. The van der Waals surface area contributed by atoms with Gasteiger partial charge in [0.2, 0.25) is 0 Å². The van der Waals surface area contributed by atoms with E-state index in [9.17, 15) is 4.79 Å². The molecule has 0 atom stereocenters. The van der Waals surface area contributed by atoms with Crippen LogP contribution in [0, 0.1) is 0 Å². The third-order valence-electron chi connectivity index (χ3n) is 2.42. The van der Waals surface area contributed by atoms with Crippen molar-refractivity contribution in [3.63, 3.8) is 0 Å². The molecule has 1 rings (SSSR count). The normalized spacial score (nSPS) is 11.7. The number of carbonyl (C=O) groups excluding carboxylic acids is 1. The van der Waals surface area contributed by atoms with Crippen molar-refractivity contribution in [3.8, 4) is 0 Å². The predicted molar refractivity (Wildman–Crippen MR) is 69.4 cm³/mol. The summed E-state index contributed by atoms with van der Waals surface area (Å²) in [7, 11) is 0. The van der Waals surface area contributed by atoms with Crippen LogP contribution < -0.4 is 0 Å². The summed E-state index contributed by atoms with van der Waals surface area (Å²) < 4.78 is 0. The van der Waals surface area contributed by atoms with E-state index in [1.54, 1.807) is 6.08 Å². The lowest BCUT2D eigenvalue weighted by Crippen LogP contribution is -2.10. The highest BCUT2D eigenvalue weighted by Gasteiger charge is 2.12. The molecule has 0 aliphatic carbocycles. The Bertz CT molecular complexity index is 402. The molecule has 1 heteroatoms. The Morgan fingerprint density at radius 3 is 2.19 bits per heavy atom. The highest BCUT2D eigenvalue weighted by atomic mass is 16.1. The van der Waals surface area contributed by atoms with E-state index in [-0.39, 0.29) is 11.2 Å². The molecule has 0 fully saturated rings. The van der Waals surface area contributed by atoms with Crippen LogP contribution in [0.15, 0.2) is 43.0 Å². The molecule has 0 saturated carbocycles. The Labute approximate surface area is 97.5 Å². The lowest BCUT2D eigenvalue weighted by molar-refractivity contribution is -0.110. The van der Waals surface area contributed by atoms with Crippen molar-refractivity contribution in [2.24, 2.45) is 0 Å². The summed E-state index contributed by atoms with van der Waals surface area (Å²) in [6.07, 6.45) is 4.63. The Balaban J connectivity index is 2.84. The molecule has 84 valence electrons. The number of benzene rings is 1. The second-order valence-corrected chi connectivity index (χ2v) is 4.81. The van der Waals surface area contributed by atoms with Gasteiger partial charge in [0.1, 0.15) is 0 Å². The first kappa shape index (κ1) is 12.4. The third-order valence-corrected chi connectivity index (χ3v) is 2.42. The van der Waals surface area contributed by atoms with Crippen molar-refractivity contribution in [1.29, 1.82) is 0 Å². The van der Waals surface area contributed by atoms with Crippen LogP contribution >= 0.6 is 0 Å². The van der Waals surface area contributed by atoms with Crippen LogP contribution in [0.25, 0.3) is 6.08 Å². The number of rotatable bonds is 3. The largest absolute Gasteiger partial charge is 0.290 e. The molecule has 0 aliphatic heterocycles. The van der Waals surface area contributed by atoms with E-state index in [2.05, 4.69) is 39.5 Å². The standard InChI is InChI=1S/C15H18O/c1-5-14(16)11-8-12-6-9-13(10-7-12)15(2,3)4/h5-11H,1H2,2-4H3/b11-8+. The fourth-order valence-electron chi connectivity index (χ4n) is 1.34. The zero-order valence-corrected chi connectivity index (χ0v) is 10.2. The minimum atomic E-state index is -0.0695. The van der Waals surface area contributed by atoms with Crippen LogP contribution in [0.4, 0.5) is 0 Å². The van der Waals surface area contributed by atoms with Crippen molar-refractivity contribution in [2.45, 2.75) is 26.2 Å². The summed E-state index contributed by atoms with van der Waals surface area (Å²) in [6, 6.07) is 8.23. The van der Waals surface area contributed by atoms with Crippen molar-refractivity contribution in [2.75, 3.05) is 0 Å². The Hall–Kier alpha value is -1.63. The van der Waals surface area contributed by atoms with Crippen LogP contribution in [-0.2, 0) is 10.2 Å². The molecular weight excluding hydrogens is 196 g/mol. The molecule has 1 aromatic rings. The molecule has 16 heavy (non-hydrogen) atoms. The van der Waals surface area contributed by atoms with E-state index >= 15 is 0 Å². The van der Waals surface area contributed by atoms with E-state index in [1.165, 1.54) is 17.7 Å². The fourth-order valence-corrected chi connectivity index (χ4v) is 1.34. The van der Waals surface area contributed by atoms with E-state index in [4.69, 9.17) is 0 Å². The van der Waals surface area contributed by atoms with E-state index in [1.807, 2.05) is 12.1 Å². The monoisotopic (exact) mass is 214 g/mol. The SMILES string of the molecule is C=CC(=O)/C=C/c1ccc(C(C)(C)C)cc1. The number of hydrogen-bond donors (Lipinski definition) is 0. The summed E-state index contributed by atoms with van der Waals surface area (Å²) in [5.74, 6) is -0.0695. The van der Waals surface area contributed by atoms with E-state index in [0.29, 0.717) is 0 Å². The summed E-state index contributed by atoms with van der Waals surface area (Å²) >= 11 is 0. The molecule has 0 N–H and O–H groups in total. The molecule has 0 unspecified atom stereocenters. The quantitative estimate of drug-likeness (QED) is 0.700. The maximum atomic E-state index is 11.0. The fraction of sp³-hybridized carbons (Fsp3) is 0.267. The van der Waals surface area contributed by atoms with Gasteiger partial charge in [0.05, 0.1) is 0 Å². The molecule has 0 spiro atoms. The maximum Gasteiger partial charge on any atom is 0.178 e. The van der Waals surface area contributed by atoms with Gasteiger partial charge in [-0.1, -0.05) is 57.7 Å². The van der Waals surface area contributed by atoms with Crippen molar-refractivity contribution >= 4 is 11.9 Å². The highest BCUT2D eigenvalue weighted by Crippen LogP contribution is 2.22. The first-order valence-electron chi connectivity index (χ1n) is 5.38. The zero-order chi connectivity index (χ0) is 12.2. The van der Waals surface area contributed by atoms with Gasteiger partial charge in [-0.25, -0.2) is 0 Å². The Morgan fingerprint density at radius 1 is 1.19 bits per heavy atom. The molecule has 0 amide bonds. The van der Waals surface area contributed by atoms with Crippen LogP contribution in [0.5, 0.6) is 0 Å². The molecule has 0 saturated heterocycles. The van der Waals surface area contributed by atoms with Gasteiger partial charge >= 0.3 is 0 Å². The Kier molecular flexibility index (Phi) is 3.83. The van der Waals surface area contributed by atoms with Gasteiger partial charge in [-0.2, -0.15) is 0 Å². The summed E-state index contributed by atoms with van der Waals surface area (Å²) in [5, 5.41) is 0. The van der Waals surface area contributed by atoms with E-state index in [0.717, 1.165) is 5.56 Å². The second-order valence-electron chi connectivity index (χ2n) is 4.81. The molecule has 0 heterocycles. The minimum absolute atomic E-state index is 0.0695. The molecule has 0 bridgehead atoms. The summed E-state index contributed by atoms with van der Waals surface area (Å²) in [6.45, 7) is 9.96. The number of ketones is 1. The lowest BCUT2D eigenvalue weighted by atomic mass is 9.87. The van der Waals surface area contributed by atoms with Gasteiger partial charge in [0, 0.05) is 0 Å². The molecule has 0 aromatic heterocycles. The molecule has 1 aromatic carbocycles. The second kappa shape index (κ2) is 4.93. The average Bonchev–Trinajstić information content (AvgIpc) is 2.25. The first-order chi connectivity index (χ1) is 7.43. The lowest BCUT2D eigenvalue weighted by Gasteiger charge is -2.18. The van der Waals surface area contributed by atoms with Crippen molar-refractivity contribution < 1.29 is 4.79 Å².